The van der Waals surface area contributed by atoms with Crippen LogP contribution in [0.4, 0.5) is 8.78 Å². The summed E-state index contributed by atoms with van der Waals surface area (Å²) in [7, 11) is 0. The van der Waals surface area contributed by atoms with Crippen molar-refractivity contribution in [2.45, 2.75) is 13.2 Å². The van der Waals surface area contributed by atoms with E-state index in [0.29, 0.717) is 16.5 Å². The highest BCUT2D eigenvalue weighted by atomic mass is 19.3. The van der Waals surface area contributed by atoms with Crippen LogP contribution in [0.25, 0.3) is 10.9 Å². The molecule has 0 amide bonds. The molecule has 0 aliphatic heterocycles. The minimum atomic E-state index is -2.93. The van der Waals surface area contributed by atoms with Crippen molar-refractivity contribution < 1.29 is 13.5 Å². The Bertz CT molecular complexity index is 865. The van der Waals surface area contributed by atoms with Crippen LogP contribution in [0.5, 0.6) is 5.75 Å². The Labute approximate surface area is 123 Å². The van der Waals surface area contributed by atoms with Gasteiger partial charge in [-0.1, -0.05) is 35.5 Å². The molecule has 0 bridgehead atoms. The number of halogens is 2. The lowest BCUT2D eigenvalue weighted by Crippen LogP contribution is -2.25. The summed E-state index contributed by atoms with van der Waals surface area (Å²) in [6.45, 7) is -2.93. The second-order valence-electron chi connectivity index (χ2n) is 4.56. The standard InChI is InChI=1S/C15H11F2N3O2/c16-15(17)22-13-8-4-1-5-10(13)9-20-14(21)11-6-2-3-7-12(11)18-19-20/h1-8,15H,9H2. The van der Waals surface area contributed by atoms with Crippen LogP contribution < -0.4 is 10.3 Å². The average Bonchev–Trinajstić information content (AvgIpc) is 2.51. The van der Waals surface area contributed by atoms with Gasteiger partial charge in [0, 0.05) is 5.56 Å². The molecule has 1 heterocycles. The fourth-order valence-electron chi connectivity index (χ4n) is 2.13. The zero-order valence-corrected chi connectivity index (χ0v) is 11.3. The molecule has 3 aromatic rings. The first-order chi connectivity index (χ1) is 10.6. The molecule has 0 aliphatic rings. The molecule has 0 atom stereocenters. The molecule has 0 saturated heterocycles. The van der Waals surface area contributed by atoms with E-state index in [9.17, 15) is 13.6 Å². The Morgan fingerprint density at radius 3 is 2.64 bits per heavy atom. The maximum absolute atomic E-state index is 12.4. The average molecular weight is 303 g/mol. The lowest BCUT2D eigenvalue weighted by atomic mass is 10.2. The first-order valence-corrected chi connectivity index (χ1v) is 6.50. The lowest BCUT2D eigenvalue weighted by molar-refractivity contribution is -0.0505. The first-order valence-electron chi connectivity index (χ1n) is 6.50. The van der Waals surface area contributed by atoms with Gasteiger partial charge in [-0.2, -0.15) is 8.78 Å². The Balaban J connectivity index is 2.01. The van der Waals surface area contributed by atoms with Gasteiger partial charge in [-0.3, -0.25) is 4.79 Å². The second kappa shape index (κ2) is 5.88. The molecule has 3 rings (SSSR count). The smallest absolute Gasteiger partial charge is 0.387 e. The number of hydrogen-bond acceptors (Lipinski definition) is 4. The molecule has 0 radical (unpaired) electrons. The second-order valence-corrected chi connectivity index (χ2v) is 4.56. The lowest BCUT2D eigenvalue weighted by Gasteiger charge is -2.11. The maximum Gasteiger partial charge on any atom is 0.387 e. The van der Waals surface area contributed by atoms with E-state index in [0.717, 1.165) is 4.68 Å². The number of nitrogens with zero attached hydrogens (tertiary/aromatic N) is 3. The van der Waals surface area contributed by atoms with Crippen LogP contribution in [0.3, 0.4) is 0 Å². The highest BCUT2D eigenvalue weighted by molar-refractivity contribution is 5.76. The molecule has 2 aromatic carbocycles. The summed E-state index contributed by atoms with van der Waals surface area (Å²) in [5.74, 6) is 0.0133. The van der Waals surface area contributed by atoms with Crippen molar-refractivity contribution in [2.24, 2.45) is 0 Å². The first kappa shape index (κ1) is 14.1. The number of hydrogen-bond donors (Lipinski definition) is 0. The summed E-state index contributed by atoms with van der Waals surface area (Å²) in [4.78, 5) is 12.3. The van der Waals surface area contributed by atoms with Gasteiger partial charge < -0.3 is 4.74 Å². The Morgan fingerprint density at radius 1 is 1.09 bits per heavy atom. The van der Waals surface area contributed by atoms with Crippen molar-refractivity contribution in [3.63, 3.8) is 0 Å². The summed E-state index contributed by atoms with van der Waals surface area (Å²) < 4.78 is 30.4. The van der Waals surface area contributed by atoms with Gasteiger partial charge in [0.25, 0.3) is 5.56 Å². The van der Waals surface area contributed by atoms with Gasteiger partial charge in [-0.15, -0.1) is 5.10 Å². The predicted octanol–water partition coefficient (Wildman–Crippen LogP) is 2.44. The quantitative estimate of drug-likeness (QED) is 0.743. The van der Waals surface area contributed by atoms with Crippen LogP contribution in [-0.2, 0) is 6.54 Å². The molecule has 7 heteroatoms. The zero-order chi connectivity index (χ0) is 15.5. The largest absolute Gasteiger partial charge is 0.434 e. The molecular weight excluding hydrogens is 292 g/mol. The summed E-state index contributed by atoms with van der Waals surface area (Å²) in [6.07, 6.45) is 0. The third-order valence-corrected chi connectivity index (χ3v) is 3.14. The van der Waals surface area contributed by atoms with E-state index in [1.54, 1.807) is 42.5 Å². The molecule has 0 fully saturated rings. The number of fused-ring (bicyclic) bond motifs is 1. The van der Waals surface area contributed by atoms with E-state index in [-0.39, 0.29) is 17.9 Å². The Morgan fingerprint density at radius 2 is 1.82 bits per heavy atom. The Hall–Kier alpha value is -2.83. The third kappa shape index (κ3) is 2.78. The van der Waals surface area contributed by atoms with E-state index in [2.05, 4.69) is 15.0 Å². The molecule has 5 nitrogen and oxygen atoms in total. The minimum absolute atomic E-state index is 0.000436. The maximum atomic E-state index is 12.4. The molecular formula is C15H11F2N3O2. The van der Waals surface area contributed by atoms with Crippen LogP contribution in [-0.4, -0.2) is 21.6 Å². The summed E-state index contributed by atoms with van der Waals surface area (Å²) >= 11 is 0. The minimum Gasteiger partial charge on any atom is -0.434 e. The molecule has 112 valence electrons. The fraction of sp³-hybridized carbons (Fsp3) is 0.133. The highest BCUT2D eigenvalue weighted by Gasteiger charge is 2.12. The predicted molar refractivity (Wildman–Crippen MR) is 76.0 cm³/mol. The van der Waals surface area contributed by atoms with Crippen LogP contribution in [0.15, 0.2) is 53.3 Å². The number of benzene rings is 2. The van der Waals surface area contributed by atoms with Gasteiger partial charge in [0.1, 0.15) is 11.3 Å². The van der Waals surface area contributed by atoms with Crippen molar-refractivity contribution >= 4 is 10.9 Å². The van der Waals surface area contributed by atoms with Crippen molar-refractivity contribution in [1.29, 1.82) is 0 Å². The molecule has 0 spiro atoms. The molecule has 0 unspecified atom stereocenters. The number of alkyl halides is 2. The Kier molecular flexibility index (Phi) is 3.78. The molecule has 22 heavy (non-hydrogen) atoms. The van der Waals surface area contributed by atoms with Crippen molar-refractivity contribution in [2.75, 3.05) is 0 Å². The summed E-state index contributed by atoms with van der Waals surface area (Å²) in [5, 5.41) is 8.21. The van der Waals surface area contributed by atoms with Gasteiger partial charge in [0.05, 0.1) is 11.9 Å². The van der Waals surface area contributed by atoms with Gasteiger partial charge in [-0.25, -0.2) is 4.68 Å². The summed E-state index contributed by atoms with van der Waals surface area (Å²) in [5.41, 5.74) is 0.577. The normalized spacial score (nSPS) is 11.0. The summed E-state index contributed by atoms with van der Waals surface area (Å²) in [6, 6.07) is 13.1. The topological polar surface area (TPSA) is 57.0 Å². The number of aromatic nitrogens is 3. The molecule has 1 aromatic heterocycles. The van der Waals surface area contributed by atoms with E-state index >= 15 is 0 Å². The molecule has 0 saturated carbocycles. The van der Waals surface area contributed by atoms with Crippen LogP contribution in [0.2, 0.25) is 0 Å². The SMILES string of the molecule is O=c1c2ccccc2nnn1Cc1ccccc1OC(F)F. The van der Waals surface area contributed by atoms with Crippen molar-refractivity contribution in [3.8, 4) is 5.75 Å². The van der Waals surface area contributed by atoms with Gasteiger partial charge in [-0.05, 0) is 18.2 Å². The van der Waals surface area contributed by atoms with Crippen LogP contribution in [0.1, 0.15) is 5.56 Å². The molecule has 0 N–H and O–H groups in total. The van der Waals surface area contributed by atoms with E-state index < -0.39 is 6.61 Å². The zero-order valence-electron chi connectivity index (χ0n) is 11.3. The number of ether oxygens (including phenoxy) is 1. The van der Waals surface area contributed by atoms with E-state index in [1.807, 2.05) is 0 Å². The monoisotopic (exact) mass is 303 g/mol. The van der Waals surface area contributed by atoms with Gasteiger partial charge >= 0.3 is 6.61 Å². The van der Waals surface area contributed by atoms with Gasteiger partial charge in [0.2, 0.25) is 0 Å². The van der Waals surface area contributed by atoms with E-state index in [4.69, 9.17) is 0 Å². The third-order valence-electron chi connectivity index (χ3n) is 3.14. The molecule has 0 aliphatic carbocycles. The number of para-hydroxylation sites is 1. The van der Waals surface area contributed by atoms with E-state index in [1.165, 1.54) is 6.07 Å². The number of rotatable bonds is 4. The van der Waals surface area contributed by atoms with Crippen LogP contribution >= 0.6 is 0 Å². The van der Waals surface area contributed by atoms with Crippen molar-refractivity contribution in [3.05, 3.63) is 64.4 Å². The fourth-order valence-corrected chi connectivity index (χ4v) is 2.13. The van der Waals surface area contributed by atoms with Gasteiger partial charge in [0.15, 0.2) is 0 Å². The van der Waals surface area contributed by atoms with Crippen LogP contribution in [0, 0.1) is 0 Å². The highest BCUT2D eigenvalue weighted by Crippen LogP contribution is 2.20. The van der Waals surface area contributed by atoms with Crippen molar-refractivity contribution in [1.82, 2.24) is 15.0 Å².